The number of aliphatic hydroxyl groups is 1. The Morgan fingerprint density at radius 3 is 2.75 bits per heavy atom. The number of aromatic nitrogens is 3. The Hall–Kier alpha value is -3.03. The molecular formula is C25H28N4O3. The average Bonchev–Trinajstić information content (AvgIpc) is 3.32. The third kappa shape index (κ3) is 4.18. The summed E-state index contributed by atoms with van der Waals surface area (Å²) in [6.07, 6.45) is 7.13. The Morgan fingerprint density at radius 1 is 1.12 bits per heavy atom. The van der Waals surface area contributed by atoms with E-state index in [2.05, 4.69) is 16.4 Å². The van der Waals surface area contributed by atoms with Crippen molar-refractivity contribution < 1.29 is 14.6 Å². The molecule has 1 aromatic heterocycles. The van der Waals surface area contributed by atoms with Gasteiger partial charge in [0, 0.05) is 25.1 Å². The second kappa shape index (κ2) is 9.22. The first-order valence-electron chi connectivity index (χ1n) is 11.4. The number of rotatable bonds is 5. The quantitative estimate of drug-likeness (QED) is 0.670. The van der Waals surface area contributed by atoms with Crippen molar-refractivity contribution >= 4 is 5.91 Å². The van der Waals surface area contributed by atoms with E-state index in [1.807, 2.05) is 48.7 Å². The fourth-order valence-corrected chi connectivity index (χ4v) is 4.73. The molecular weight excluding hydrogens is 404 g/mol. The Bertz CT molecular complexity index is 1070. The van der Waals surface area contributed by atoms with Crippen molar-refractivity contribution in [3.8, 4) is 5.69 Å². The molecule has 1 fully saturated rings. The Labute approximate surface area is 187 Å². The summed E-state index contributed by atoms with van der Waals surface area (Å²) in [7, 11) is 0. The van der Waals surface area contributed by atoms with Gasteiger partial charge in [-0.2, -0.15) is 0 Å². The molecule has 5 rings (SSSR count). The van der Waals surface area contributed by atoms with Gasteiger partial charge in [-0.1, -0.05) is 29.5 Å². The Kier molecular flexibility index (Phi) is 6.01. The van der Waals surface area contributed by atoms with Gasteiger partial charge in [0.1, 0.15) is 0 Å². The van der Waals surface area contributed by atoms with Crippen LogP contribution < -0.4 is 0 Å². The second-order valence-corrected chi connectivity index (χ2v) is 8.54. The molecule has 1 saturated heterocycles. The number of carbonyl (C=O) groups excluding carboxylic acids is 1. The van der Waals surface area contributed by atoms with Gasteiger partial charge in [-0.05, 0) is 61.1 Å². The maximum Gasteiger partial charge on any atom is 0.254 e. The molecule has 7 heteroatoms. The summed E-state index contributed by atoms with van der Waals surface area (Å²) in [5.74, 6) is -0.0705. The lowest BCUT2D eigenvalue weighted by Gasteiger charge is -2.36. The van der Waals surface area contributed by atoms with Crippen LogP contribution in [0, 0.1) is 0 Å². The molecule has 0 saturated carbocycles. The number of hydrogen-bond donors (Lipinski definition) is 1. The molecule has 2 aliphatic heterocycles. The molecule has 3 aromatic rings. The van der Waals surface area contributed by atoms with Crippen LogP contribution in [0.3, 0.4) is 0 Å². The highest BCUT2D eigenvalue weighted by Gasteiger charge is 2.30. The van der Waals surface area contributed by atoms with E-state index in [0.29, 0.717) is 12.1 Å². The molecule has 7 nitrogen and oxygen atoms in total. The van der Waals surface area contributed by atoms with E-state index in [4.69, 9.17) is 4.74 Å². The molecule has 2 aromatic carbocycles. The summed E-state index contributed by atoms with van der Waals surface area (Å²) in [5, 5.41) is 18.5. The number of ether oxygens (including phenoxy) is 1. The summed E-state index contributed by atoms with van der Waals surface area (Å²) < 4.78 is 7.54. The number of benzene rings is 2. The Morgan fingerprint density at radius 2 is 1.97 bits per heavy atom. The van der Waals surface area contributed by atoms with Gasteiger partial charge < -0.3 is 14.7 Å². The van der Waals surface area contributed by atoms with E-state index < -0.39 is 0 Å². The van der Waals surface area contributed by atoms with Gasteiger partial charge in [-0.25, -0.2) is 4.68 Å². The number of amides is 1. The molecule has 1 N–H and O–H groups in total. The summed E-state index contributed by atoms with van der Waals surface area (Å²) in [6, 6.07) is 15.1. The largest absolute Gasteiger partial charge is 0.394 e. The fraction of sp³-hybridized carbons (Fsp3) is 0.400. The van der Waals surface area contributed by atoms with Crippen LogP contribution in [0.25, 0.3) is 5.69 Å². The maximum absolute atomic E-state index is 13.2. The van der Waals surface area contributed by atoms with Crippen molar-refractivity contribution in [1.82, 2.24) is 19.9 Å². The number of fused-ring (bicyclic) bond motifs is 1. The van der Waals surface area contributed by atoms with Crippen LogP contribution in [0.1, 0.15) is 52.5 Å². The minimum absolute atomic E-state index is 0.0705. The van der Waals surface area contributed by atoms with Crippen molar-refractivity contribution in [2.45, 2.75) is 44.2 Å². The van der Waals surface area contributed by atoms with Crippen LogP contribution in [-0.2, 0) is 17.6 Å². The van der Waals surface area contributed by atoms with Gasteiger partial charge in [0.25, 0.3) is 5.91 Å². The zero-order chi connectivity index (χ0) is 21.9. The van der Waals surface area contributed by atoms with Crippen molar-refractivity contribution in [3.05, 3.63) is 77.1 Å². The molecule has 3 heterocycles. The van der Waals surface area contributed by atoms with Crippen molar-refractivity contribution in [2.75, 3.05) is 19.8 Å². The first-order valence-corrected chi connectivity index (χ1v) is 11.4. The van der Waals surface area contributed by atoms with Gasteiger partial charge in [0.2, 0.25) is 0 Å². The highest BCUT2D eigenvalue weighted by Crippen LogP contribution is 2.30. The van der Waals surface area contributed by atoms with Crippen LogP contribution in [0.2, 0.25) is 0 Å². The van der Waals surface area contributed by atoms with Crippen LogP contribution in [0.15, 0.2) is 54.7 Å². The fourth-order valence-electron chi connectivity index (χ4n) is 4.73. The first-order chi connectivity index (χ1) is 15.7. The van der Waals surface area contributed by atoms with E-state index in [-0.39, 0.29) is 24.7 Å². The average molecular weight is 433 g/mol. The van der Waals surface area contributed by atoms with Crippen LogP contribution in [-0.4, -0.2) is 56.8 Å². The van der Waals surface area contributed by atoms with E-state index in [9.17, 15) is 9.90 Å². The molecule has 166 valence electrons. The zero-order valence-corrected chi connectivity index (χ0v) is 18.1. The predicted octanol–water partition coefficient (Wildman–Crippen LogP) is 3.11. The molecule has 32 heavy (non-hydrogen) atoms. The molecule has 2 unspecified atom stereocenters. The third-order valence-electron chi connectivity index (χ3n) is 6.48. The van der Waals surface area contributed by atoms with Crippen LogP contribution in [0.4, 0.5) is 0 Å². The molecule has 2 aliphatic rings. The SMILES string of the molecule is O=C(c1ccc(-n2cc(CC3CCCCO3)nn2)cc1)N1CCc2ccccc2C1CO. The summed E-state index contributed by atoms with van der Waals surface area (Å²) >= 11 is 0. The minimum atomic E-state index is -0.313. The second-order valence-electron chi connectivity index (χ2n) is 8.54. The van der Waals surface area contributed by atoms with E-state index in [1.165, 1.54) is 12.0 Å². The van der Waals surface area contributed by atoms with Crippen molar-refractivity contribution in [3.63, 3.8) is 0 Å². The van der Waals surface area contributed by atoms with E-state index in [0.717, 1.165) is 49.2 Å². The molecule has 0 radical (unpaired) electrons. The minimum Gasteiger partial charge on any atom is -0.394 e. The first kappa shape index (κ1) is 20.8. The molecule has 0 bridgehead atoms. The topological polar surface area (TPSA) is 80.5 Å². The summed E-state index contributed by atoms with van der Waals surface area (Å²) in [4.78, 5) is 15.0. The van der Waals surface area contributed by atoms with Gasteiger partial charge in [-0.15, -0.1) is 5.10 Å². The smallest absolute Gasteiger partial charge is 0.254 e. The third-order valence-corrected chi connectivity index (χ3v) is 6.48. The lowest BCUT2D eigenvalue weighted by Crippen LogP contribution is -2.41. The predicted molar refractivity (Wildman–Crippen MR) is 120 cm³/mol. The molecule has 0 aliphatic carbocycles. The van der Waals surface area contributed by atoms with Crippen LogP contribution >= 0.6 is 0 Å². The van der Waals surface area contributed by atoms with Gasteiger partial charge in [-0.3, -0.25) is 4.79 Å². The number of hydrogen-bond acceptors (Lipinski definition) is 5. The number of nitrogens with zero attached hydrogens (tertiary/aromatic N) is 4. The van der Waals surface area contributed by atoms with Gasteiger partial charge in [0.15, 0.2) is 0 Å². The lowest BCUT2D eigenvalue weighted by molar-refractivity contribution is 0.0162. The summed E-state index contributed by atoms with van der Waals surface area (Å²) in [5.41, 5.74) is 4.60. The van der Waals surface area contributed by atoms with E-state index >= 15 is 0 Å². The number of aliphatic hydroxyl groups excluding tert-OH is 1. The Balaban J connectivity index is 1.29. The molecule has 2 atom stereocenters. The van der Waals surface area contributed by atoms with Gasteiger partial charge in [0.05, 0.1) is 36.3 Å². The zero-order valence-electron chi connectivity index (χ0n) is 18.1. The normalized spacial score (nSPS) is 20.7. The maximum atomic E-state index is 13.2. The van der Waals surface area contributed by atoms with Crippen LogP contribution in [0.5, 0.6) is 0 Å². The summed E-state index contributed by atoms with van der Waals surface area (Å²) in [6.45, 7) is 1.33. The highest BCUT2D eigenvalue weighted by atomic mass is 16.5. The monoisotopic (exact) mass is 432 g/mol. The standard InChI is InChI=1S/C25H28N4O3/c30-17-24-23-7-2-1-5-18(23)12-13-28(24)25(31)19-8-10-21(11-9-19)29-16-20(26-27-29)15-22-6-3-4-14-32-22/h1-2,5,7-11,16,22,24,30H,3-4,6,12-15,17H2. The number of carbonyl (C=O) groups is 1. The van der Waals surface area contributed by atoms with Gasteiger partial charge >= 0.3 is 0 Å². The lowest BCUT2D eigenvalue weighted by atomic mass is 9.92. The van der Waals surface area contributed by atoms with E-state index in [1.54, 1.807) is 9.58 Å². The van der Waals surface area contributed by atoms with Crippen molar-refractivity contribution in [2.24, 2.45) is 0 Å². The molecule has 0 spiro atoms. The molecule has 1 amide bonds. The van der Waals surface area contributed by atoms with Crippen molar-refractivity contribution in [1.29, 1.82) is 0 Å². The highest BCUT2D eigenvalue weighted by molar-refractivity contribution is 5.95.